The Bertz CT molecular complexity index is 436. The van der Waals surface area contributed by atoms with Crippen LogP contribution >= 0.6 is 0 Å². The number of hydrogen-bond donors (Lipinski definition) is 2. The van der Waals surface area contributed by atoms with Crippen molar-refractivity contribution in [3.05, 3.63) is 29.6 Å². The molecule has 0 saturated carbocycles. The lowest BCUT2D eigenvalue weighted by molar-refractivity contribution is 0.0690. The molecule has 0 saturated heterocycles. The number of aromatic carboxylic acids is 1. The molecule has 7 heteroatoms. The number of ether oxygens (including phenoxy) is 2. The number of methoxy groups -OCH3 is 1. The number of pyridine rings is 1. The fourth-order valence-corrected chi connectivity index (χ4v) is 1.27. The zero-order valence-corrected chi connectivity index (χ0v) is 10.6. The van der Waals surface area contributed by atoms with Gasteiger partial charge in [0.05, 0.1) is 19.8 Å². The minimum Gasteiger partial charge on any atom is -0.477 e. The van der Waals surface area contributed by atoms with Gasteiger partial charge in [0.15, 0.2) is 0 Å². The lowest BCUT2D eigenvalue weighted by atomic mass is 10.2. The third-order valence-electron chi connectivity index (χ3n) is 2.20. The van der Waals surface area contributed by atoms with E-state index in [-0.39, 0.29) is 17.2 Å². The van der Waals surface area contributed by atoms with Gasteiger partial charge in [-0.05, 0) is 12.1 Å². The smallest absolute Gasteiger partial charge is 0.354 e. The van der Waals surface area contributed by atoms with Crippen LogP contribution in [0.15, 0.2) is 18.3 Å². The van der Waals surface area contributed by atoms with Gasteiger partial charge in [0, 0.05) is 25.4 Å². The molecule has 0 atom stereocenters. The average Bonchev–Trinajstić information content (AvgIpc) is 2.42. The second kappa shape index (κ2) is 8.17. The first-order chi connectivity index (χ1) is 9.15. The van der Waals surface area contributed by atoms with Crippen LogP contribution in [0.4, 0.5) is 0 Å². The van der Waals surface area contributed by atoms with Crippen molar-refractivity contribution in [2.45, 2.75) is 0 Å². The number of carbonyl (C=O) groups is 2. The largest absolute Gasteiger partial charge is 0.477 e. The lowest BCUT2D eigenvalue weighted by Crippen LogP contribution is -2.27. The number of hydrogen-bond acceptors (Lipinski definition) is 5. The summed E-state index contributed by atoms with van der Waals surface area (Å²) in [4.78, 5) is 26.0. The summed E-state index contributed by atoms with van der Waals surface area (Å²) >= 11 is 0. The molecule has 2 N–H and O–H groups in total. The lowest BCUT2D eigenvalue weighted by Gasteiger charge is -2.06. The number of nitrogens with one attached hydrogen (secondary N) is 1. The van der Waals surface area contributed by atoms with Crippen molar-refractivity contribution in [2.75, 3.05) is 33.5 Å². The van der Waals surface area contributed by atoms with Crippen LogP contribution in [-0.2, 0) is 9.47 Å². The van der Waals surface area contributed by atoms with Crippen molar-refractivity contribution in [3.63, 3.8) is 0 Å². The van der Waals surface area contributed by atoms with Crippen molar-refractivity contribution in [2.24, 2.45) is 0 Å². The molecule has 7 nitrogen and oxygen atoms in total. The molecule has 0 aromatic carbocycles. The topological polar surface area (TPSA) is 97.8 Å². The normalized spacial score (nSPS) is 10.2. The monoisotopic (exact) mass is 268 g/mol. The van der Waals surface area contributed by atoms with Crippen molar-refractivity contribution in [1.29, 1.82) is 0 Å². The number of carboxylic acid groups (broad SMARTS) is 1. The molecule has 1 heterocycles. The van der Waals surface area contributed by atoms with Gasteiger partial charge in [0.2, 0.25) is 0 Å². The highest BCUT2D eigenvalue weighted by molar-refractivity contribution is 5.96. The average molecular weight is 268 g/mol. The van der Waals surface area contributed by atoms with Crippen LogP contribution < -0.4 is 5.32 Å². The number of rotatable bonds is 8. The van der Waals surface area contributed by atoms with Crippen LogP contribution in [0.3, 0.4) is 0 Å². The molecule has 0 fully saturated rings. The van der Waals surface area contributed by atoms with Crippen molar-refractivity contribution >= 4 is 11.9 Å². The second-order valence-electron chi connectivity index (χ2n) is 3.60. The van der Waals surface area contributed by atoms with Gasteiger partial charge in [-0.2, -0.15) is 0 Å². The molecular formula is C12H16N2O5. The van der Waals surface area contributed by atoms with Gasteiger partial charge in [-0.25, -0.2) is 9.78 Å². The number of nitrogens with zero attached hydrogens (tertiary/aromatic N) is 1. The number of amides is 1. The van der Waals surface area contributed by atoms with Crippen LogP contribution in [-0.4, -0.2) is 55.4 Å². The van der Waals surface area contributed by atoms with Gasteiger partial charge in [-0.15, -0.1) is 0 Å². The third-order valence-corrected chi connectivity index (χ3v) is 2.20. The van der Waals surface area contributed by atoms with E-state index < -0.39 is 5.97 Å². The highest BCUT2D eigenvalue weighted by Gasteiger charge is 2.09. The highest BCUT2D eigenvalue weighted by Crippen LogP contribution is 2.01. The van der Waals surface area contributed by atoms with E-state index in [0.29, 0.717) is 26.4 Å². The molecule has 0 aliphatic rings. The molecule has 0 radical (unpaired) electrons. The summed E-state index contributed by atoms with van der Waals surface area (Å²) < 4.78 is 9.98. The molecule has 104 valence electrons. The predicted molar refractivity (Wildman–Crippen MR) is 66.2 cm³/mol. The first-order valence-corrected chi connectivity index (χ1v) is 5.69. The maximum absolute atomic E-state index is 11.7. The minimum absolute atomic E-state index is 0.163. The fraction of sp³-hybridized carbons (Fsp3) is 0.417. The van der Waals surface area contributed by atoms with Crippen molar-refractivity contribution < 1.29 is 24.2 Å². The van der Waals surface area contributed by atoms with Crippen molar-refractivity contribution in [3.8, 4) is 0 Å². The van der Waals surface area contributed by atoms with Gasteiger partial charge in [-0.1, -0.05) is 0 Å². The van der Waals surface area contributed by atoms with E-state index in [9.17, 15) is 9.59 Å². The second-order valence-corrected chi connectivity index (χ2v) is 3.60. The molecule has 0 bridgehead atoms. The number of carboxylic acids is 1. The SMILES string of the molecule is COCCOCCNC(=O)c1ccnc(C(=O)O)c1. The Labute approximate surface area is 110 Å². The van der Waals surface area contributed by atoms with Crippen LogP contribution in [0.2, 0.25) is 0 Å². The van der Waals surface area contributed by atoms with Gasteiger partial charge in [0.1, 0.15) is 5.69 Å². The first-order valence-electron chi connectivity index (χ1n) is 5.69. The van der Waals surface area contributed by atoms with Crippen LogP contribution in [0.1, 0.15) is 20.8 Å². The van der Waals surface area contributed by atoms with E-state index in [4.69, 9.17) is 14.6 Å². The molecule has 1 aromatic rings. The highest BCUT2D eigenvalue weighted by atomic mass is 16.5. The number of carbonyl (C=O) groups excluding carboxylic acids is 1. The summed E-state index contributed by atoms with van der Waals surface area (Å²) in [7, 11) is 1.58. The summed E-state index contributed by atoms with van der Waals surface area (Å²) in [5, 5.41) is 11.4. The Balaban J connectivity index is 2.37. The summed E-state index contributed by atoms with van der Waals surface area (Å²) in [6.45, 7) is 1.67. The van der Waals surface area contributed by atoms with Gasteiger partial charge in [0.25, 0.3) is 5.91 Å². The maximum Gasteiger partial charge on any atom is 0.354 e. The molecule has 1 aromatic heterocycles. The molecule has 0 spiro atoms. The quantitative estimate of drug-likeness (QED) is 0.652. The zero-order chi connectivity index (χ0) is 14.1. The van der Waals surface area contributed by atoms with E-state index in [0.717, 1.165) is 0 Å². The van der Waals surface area contributed by atoms with E-state index >= 15 is 0 Å². The van der Waals surface area contributed by atoms with Crippen LogP contribution in [0.25, 0.3) is 0 Å². The maximum atomic E-state index is 11.7. The van der Waals surface area contributed by atoms with Gasteiger partial charge >= 0.3 is 5.97 Å². The first kappa shape index (κ1) is 15.1. The van der Waals surface area contributed by atoms with Crippen LogP contribution in [0.5, 0.6) is 0 Å². The van der Waals surface area contributed by atoms with E-state index in [2.05, 4.69) is 10.3 Å². The Kier molecular flexibility index (Phi) is 6.48. The molecule has 1 amide bonds. The van der Waals surface area contributed by atoms with E-state index in [1.54, 1.807) is 7.11 Å². The zero-order valence-electron chi connectivity index (χ0n) is 10.6. The predicted octanol–water partition coefficient (Wildman–Crippen LogP) is 0.173. The summed E-state index contributed by atoms with van der Waals surface area (Å²) in [6.07, 6.45) is 1.29. The third kappa shape index (κ3) is 5.45. The molecular weight excluding hydrogens is 252 g/mol. The summed E-state index contributed by atoms with van der Waals surface area (Å²) in [6, 6.07) is 2.68. The molecule has 0 aliphatic carbocycles. The Hall–Kier alpha value is -1.99. The summed E-state index contributed by atoms with van der Waals surface area (Å²) in [5.74, 6) is -1.53. The van der Waals surface area contributed by atoms with E-state index in [1.807, 2.05) is 0 Å². The summed E-state index contributed by atoms with van der Waals surface area (Å²) in [5.41, 5.74) is 0.0910. The molecule has 1 rings (SSSR count). The molecule has 0 unspecified atom stereocenters. The Morgan fingerprint density at radius 1 is 1.37 bits per heavy atom. The van der Waals surface area contributed by atoms with Gasteiger partial charge in [-0.3, -0.25) is 4.79 Å². The Morgan fingerprint density at radius 2 is 2.16 bits per heavy atom. The molecule has 0 aliphatic heterocycles. The van der Waals surface area contributed by atoms with Crippen LogP contribution in [0, 0.1) is 0 Å². The Morgan fingerprint density at radius 3 is 2.84 bits per heavy atom. The van der Waals surface area contributed by atoms with E-state index in [1.165, 1.54) is 18.3 Å². The minimum atomic E-state index is -1.17. The standard InChI is InChI=1S/C12H16N2O5/c1-18-6-7-19-5-4-14-11(15)9-2-3-13-10(8-9)12(16)17/h2-3,8H,4-7H2,1H3,(H,14,15)(H,16,17). The fourth-order valence-electron chi connectivity index (χ4n) is 1.27. The van der Waals surface area contributed by atoms with Gasteiger partial charge < -0.3 is 19.9 Å². The van der Waals surface area contributed by atoms with Crippen molar-refractivity contribution in [1.82, 2.24) is 10.3 Å². The number of aromatic nitrogens is 1. The molecule has 19 heavy (non-hydrogen) atoms.